The predicted octanol–water partition coefficient (Wildman–Crippen LogP) is 3.02. The van der Waals surface area contributed by atoms with Crippen LogP contribution in [0.4, 0.5) is 13.2 Å². The molecule has 0 aliphatic rings. The number of carbonyl (C=O) groups is 1. The quantitative estimate of drug-likeness (QED) is 0.632. The van der Waals surface area contributed by atoms with E-state index in [1.54, 1.807) is 0 Å². The molecule has 0 saturated heterocycles. The van der Waals surface area contributed by atoms with E-state index in [1.807, 2.05) is 0 Å². The van der Waals surface area contributed by atoms with Crippen molar-refractivity contribution in [2.75, 3.05) is 12.9 Å². The molecular formula is C9H7ClF3NO2S. The Morgan fingerprint density at radius 1 is 1.59 bits per heavy atom. The lowest BCUT2D eigenvalue weighted by Gasteiger charge is -2.08. The molecular weight excluding hydrogens is 279 g/mol. The van der Waals surface area contributed by atoms with Gasteiger partial charge in [0.15, 0.2) is 0 Å². The van der Waals surface area contributed by atoms with Crippen LogP contribution >= 0.6 is 23.4 Å². The molecule has 94 valence electrons. The third kappa shape index (κ3) is 4.08. The topological polar surface area (TPSA) is 39.2 Å². The third-order valence-corrected chi connectivity index (χ3v) is 3.07. The van der Waals surface area contributed by atoms with Crippen molar-refractivity contribution in [1.82, 2.24) is 4.98 Å². The van der Waals surface area contributed by atoms with E-state index >= 15 is 0 Å². The first-order chi connectivity index (χ1) is 7.84. The van der Waals surface area contributed by atoms with E-state index < -0.39 is 17.7 Å². The second kappa shape index (κ2) is 5.59. The van der Waals surface area contributed by atoms with E-state index in [-0.39, 0.29) is 15.8 Å². The molecule has 0 fully saturated rings. The van der Waals surface area contributed by atoms with Crippen molar-refractivity contribution in [2.45, 2.75) is 11.2 Å². The molecule has 0 radical (unpaired) electrons. The van der Waals surface area contributed by atoms with E-state index in [0.29, 0.717) is 6.20 Å². The van der Waals surface area contributed by atoms with Crippen molar-refractivity contribution in [3.63, 3.8) is 0 Å². The lowest BCUT2D eigenvalue weighted by Crippen LogP contribution is -2.06. The van der Waals surface area contributed by atoms with Gasteiger partial charge in [-0.3, -0.25) is 4.79 Å². The van der Waals surface area contributed by atoms with Crippen molar-refractivity contribution in [1.29, 1.82) is 0 Å². The Kier molecular flexibility index (Phi) is 4.64. The summed E-state index contributed by atoms with van der Waals surface area (Å²) in [5.41, 5.74) is -0.926. The molecule has 0 aliphatic carbocycles. The number of aromatic nitrogens is 1. The first-order valence-corrected chi connectivity index (χ1v) is 5.63. The molecule has 0 aromatic carbocycles. The van der Waals surface area contributed by atoms with Crippen molar-refractivity contribution in [3.8, 4) is 0 Å². The number of alkyl halides is 3. The summed E-state index contributed by atoms with van der Waals surface area (Å²) in [5, 5.41) is 0.0128. The molecule has 17 heavy (non-hydrogen) atoms. The van der Waals surface area contributed by atoms with Gasteiger partial charge in [-0.1, -0.05) is 23.4 Å². The van der Waals surface area contributed by atoms with Gasteiger partial charge in [-0.15, -0.1) is 0 Å². The Bertz CT molecular complexity index is 425. The molecule has 8 heteroatoms. The Labute approximate surface area is 104 Å². The van der Waals surface area contributed by atoms with Gasteiger partial charge in [0.2, 0.25) is 0 Å². The number of nitrogens with zero attached hydrogens (tertiary/aromatic N) is 1. The number of methoxy groups -OCH3 is 1. The number of esters is 1. The van der Waals surface area contributed by atoms with Crippen LogP contribution < -0.4 is 0 Å². The Morgan fingerprint density at radius 2 is 2.24 bits per heavy atom. The number of ether oxygens (including phenoxy) is 1. The van der Waals surface area contributed by atoms with Gasteiger partial charge in [0.1, 0.15) is 5.03 Å². The van der Waals surface area contributed by atoms with Gasteiger partial charge < -0.3 is 4.74 Å². The zero-order valence-corrected chi connectivity index (χ0v) is 10.1. The van der Waals surface area contributed by atoms with E-state index in [9.17, 15) is 18.0 Å². The van der Waals surface area contributed by atoms with Crippen LogP contribution in [-0.4, -0.2) is 23.8 Å². The highest BCUT2D eigenvalue weighted by atomic mass is 35.5. The van der Waals surface area contributed by atoms with Crippen molar-refractivity contribution < 1.29 is 22.7 Å². The predicted molar refractivity (Wildman–Crippen MR) is 57.0 cm³/mol. The average Bonchev–Trinajstić information content (AvgIpc) is 2.25. The minimum atomic E-state index is -4.48. The van der Waals surface area contributed by atoms with Crippen LogP contribution in [0.25, 0.3) is 0 Å². The summed E-state index contributed by atoms with van der Waals surface area (Å²) in [6.07, 6.45) is -3.81. The van der Waals surface area contributed by atoms with Gasteiger partial charge in [0, 0.05) is 6.20 Å². The minimum Gasteiger partial charge on any atom is -0.468 e. The van der Waals surface area contributed by atoms with Crippen LogP contribution in [0.2, 0.25) is 5.02 Å². The van der Waals surface area contributed by atoms with Gasteiger partial charge in [-0.2, -0.15) is 13.2 Å². The van der Waals surface area contributed by atoms with Crippen molar-refractivity contribution >= 4 is 29.3 Å². The van der Waals surface area contributed by atoms with Crippen LogP contribution in [0.3, 0.4) is 0 Å². The maximum Gasteiger partial charge on any atom is 0.417 e. The van der Waals surface area contributed by atoms with Crippen molar-refractivity contribution in [3.05, 3.63) is 22.8 Å². The fraction of sp³-hybridized carbons (Fsp3) is 0.333. The van der Waals surface area contributed by atoms with Gasteiger partial charge in [0.25, 0.3) is 0 Å². The largest absolute Gasteiger partial charge is 0.468 e. The summed E-state index contributed by atoms with van der Waals surface area (Å²) in [4.78, 5) is 14.4. The summed E-state index contributed by atoms with van der Waals surface area (Å²) in [5.74, 6) is -0.568. The zero-order chi connectivity index (χ0) is 13.1. The van der Waals surface area contributed by atoms with Gasteiger partial charge >= 0.3 is 12.1 Å². The molecule has 1 aromatic heterocycles. The molecule has 1 aromatic rings. The number of carbonyl (C=O) groups excluding carboxylic acids is 1. The molecule has 0 saturated carbocycles. The van der Waals surface area contributed by atoms with E-state index in [2.05, 4.69) is 9.72 Å². The Hall–Kier alpha value is -0.950. The summed E-state index contributed by atoms with van der Waals surface area (Å²) < 4.78 is 41.2. The van der Waals surface area contributed by atoms with Gasteiger partial charge in [-0.05, 0) is 6.07 Å². The molecule has 1 heterocycles. The number of rotatable bonds is 3. The third-order valence-electron chi connectivity index (χ3n) is 1.69. The Morgan fingerprint density at radius 3 is 2.71 bits per heavy atom. The smallest absolute Gasteiger partial charge is 0.417 e. The van der Waals surface area contributed by atoms with E-state index in [0.717, 1.165) is 17.8 Å². The average molecular weight is 286 g/mol. The fourth-order valence-electron chi connectivity index (χ4n) is 0.873. The number of halogens is 4. The second-order valence-corrected chi connectivity index (χ2v) is 4.24. The molecule has 0 aliphatic heterocycles. The summed E-state index contributed by atoms with van der Waals surface area (Å²) in [7, 11) is 1.21. The fourth-order valence-corrected chi connectivity index (χ4v) is 1.90. The lowest BCUT2D eigenvalue weighted by atomic mass is 10.3. The van der Waals surface area contributed by atoms with Gasteiger partial charge in [-0.25, -0.2) is 4.98 Å². The van der Waals surface area contributed by atoms with Crippen LogP contribution in [0.1, 0.15) is 5.56 Å². The summed E-state index contributed by atoms with van der Waals surface area (Å²) >= 11 is 6.54. The zero-order valence-electron chi connectivity index (χ0n) is 8.55. The molecule has 0 bridgehead atoms. The summed E-state index contributed by atoms with van der Waals surface area (Å²) in [6, 6.07) is 0.772. The first-order valence-electron chi connectivity index (χ1n) is 4.27. The van der Waals surface area contributed by atoms with Gasteiger partial charge in [0.05, 0.1) is 23.4 Å². The maximum atomic E-state index is 12.3. The second-order valence-electron chi connectivity index (χ2n) is 2.87. The van der Waals surface area contributed by atoms with Crippen LogP contribution in [-0.2, 0) is 15.7 Å². The summed E-state index contributed by atoms with van der Waals surface area (Å²) in [6.45, 7) is 0. The highest BCUT2D eigenvalue weighted by Gasteiger charge is 2.31. The number of hydrogen-bond donors (Lipinski definition) is 0. The highest BCUT2D eigenvalue weighted by Crippen LogP contribution is 2.33. The van der Waals surface area contributed by atoms with E-state index in [1.165, 1.54) is 7.11 Å². The lowest BCUT2D eigenvalue weighted by molar-refractivity contribution is -0.138. The highest BCUT2D eigenvalue weighted by molar-refractivity contribution is 8.00. The molecule has 1 rings (SSSR count). The SMILES string of the molecule is COC(=O)CSc1ncc(C(F)(F)F)cc1Cl. The van der Waals surface area contributed by atoms with Crippen LogP contribution in [0, 0.1) is 0 Å². The Balaban J connectivity index is 2.80. The van der Waals surface area contributed by atoms with E-state index in [4.69, 9.17) is 11.6 Å². The molecule has 0 amide bonds. The normalized spacial score (nSPS) is 11.4. The van der Waals surface area contributed by atoms with Crippen LogP contribution in [0.15, 0.2) is 17.3 Å². The first kappa shape index (κ1) is 14.1. The van der Waals surface area contributed by atoms with Crippen molar-refractivity contribution in [2.24, 2.45) is 0 Å². The molecule has 0 N–H and O–H groups in total. The molecule has 0 spiro atoms. The standard InChI is InChI=1S/C9H7ClF3NO2S/c1-16-7(15)4-17-8-6(10)2-5(3-14-8)9(11,12)13/h2-3H,4H2,1H3. The monoisotopic (exact) mass is 285 g/mol. The van der Waals surface area contributed by atoms with Crippen LogP contribution in [0.5, 0.6) is 0 Å². The number of pyridine rings is 1. The molecule has 0 unspecified atom stereocenters. The molecule has 3 nitrogen and oxygen atoms in total. The number of hydrogen-bond acceptors (Lipinski definition) is 4. The maximum absolute atomic E-state index is 12.3. The number of thioether (sulfide) groups is 1. The minimum absolute atomic E-state index is 0.0609. The molecule has 0 atom stereocenters.